The molecule has 1 aliphatic rings. The average Bonchev–Trinajstić information content (AvgIpc) is 2.86. The first-order valence-corrected chi connectivity index (χ1v) is 11.5. The SMILES string of the molecule is Cc1cc(OCC(=O)c2ccc3c(c2)N(CC(=O)NC(C)c2ccccc2)C(=O)CO3)ccc1Cl. The number of carbonyl (C=O) groups is 3. The Bertz CT molecular complexity index is 1260. The molecule has 0 spiro atoms. The van der Waals surface area contributed by atoms with Crippen LogP contribution >= 0.6 is 11.6 Å². The van der Waals surface area contributed by atoms with Crippen molar-refractivity contribution in [2.75, 3.05) is 24.7 Å². The van der Waals surface area contributed by atoms with E-state index in [0.29, 0.717) is 27.8 Å². The molecule has 7 nitrogen and oxygen atoms in total. The van der Waals surface area contributed by atoms with Crippen molar-refractivity contribution >= 4 is 34.9 Å². The van der Waals surface area contributed by atoms with Crippen molar-refractivity contribution in [1.82, 2.24) is 5.32 Å². The van der Waals surface area contributed by atoms with E-state index < -0.39 is 0 Å². The molecule has 2 amide bonds. The summed E-state index contributed by atoms with van der Waals surface area (Å²) in [6.45, 7) is 3.17. The number of halogens is 1. The van der Waals surface area contributed by atoms with Crippen LogP contribution in [0.5, 0.6) is 11.5 Å². The lowest BCUT2D eigenvalue weighted by atomic mass is 10.1. The summed E-state index contributed by atoms with van der Waals surface area (Å²) < 4.78 is 11.1. The van der Waals surface area contributed by atoms with Crippen molar-refractivity contribution in [3.63, 3.8) is 0 Å². The number of carbonyl (C=O) groups excluding carboxylic acids is 3. The zero-order chi connectivity index (χ0) is 24.9. The molecule has 0 saturated heterocycles. The predicted octanol–water partition coefficient (Wildman–Crippen LogP) is 4.51. The number of ketones is 1. The number of anilines is 1. The maximum atomic E-state index is 12.8. The summed E-state index contributed by atoms with van der Waals surface area (Å²) in [6, 6.07) is 19.3. The topological polar surface area (TPSA) is 84.9 Å². The molecule has 0 fully saturated rings. The van der Waals surface area contributed by atoms with Crippen LogP contribution in [-0.2, 0) is 9.59 Å². The van der Waals surface area contributed by atoms with E-state index in [2.05, 4.69) is 5.32 Å². The van der Waals surface area contributed by atoms with E-state index in [9.17, 15) is 14.4 Å². The number of nitrogens with one attached hydrogen (secondary N) is 1. The normalized spacial score (nSPS) is 13.5. The van der Waals surface area contributed by atoms with Gasteiger partial charge in [-0.1, -0.05) is 41.9 Å². The second-order valence-corrected chi connectivity index (χ2v) is 8.68. The standard InChI is InChI=1S/C27H25ClN2O5/c1-17-12-21(9-10-22(17)28)34-15-24(31)20-8-11-25-23(13-20)30(27(33)16-35-25)14-26(32)29-18(2)19-6-4-3-5-7-19/h3-13,18H,14-16H2,1-2H3,(H,29,32). The van der Waals surface area contributed by atoms with Crippen LogP contribution in [0.25, 0.3) is 0 Å². The molecule has 35 heavy (non-hydrogen) atoms. The van der Waals surface area contributed by atoms with Gasteiger partial charge in [-0.2, -0.15) is 0 Å². The molecule has 180 valence electrons. The molecule has 1 N–H and O–H groups in total. The van der Waals surface area contributed by atoms with Gasteiger partial charge in [0.25, 0.3) is 5.91 Å². The number of Topliss-reactive ketones (excluding diaryl/α,β-unsaturated/α-hetero) is 1. The molecule has 3 aromatic carbocycles. The van der Waals surface area contributed by atoms with Gasteiger partial charge < -0.3 is 14.8 Å². The summed E-state index contributed by atoms with van der Waals surface area (Å²) in [6.07, 6.45) is 0. The van der Waals surface area contributed by atoms with Crippen LogP contribution in [0.3, 0.4) is 0 Å². The molecule has 3 aromatic rings. The summed E-state index contributed by atoms with van der Waals surface area (Å²) in [7, 11) is 0. The fourth-order valence-corrected chi connectivity index (χ4v) is 3.86. The fourth-order valence-electron chi connectivity index (χ4n) is 3.74. The summed E-state index contributed by atoms with van der Waals surface area (Å²) in [5.74, 6) is 0.000565. The molecule has 0 saturated carbocycles. The van der Waals surface area contributed by atoms with Crippen LogP contribution < -0.4 is 19.7 Å². The largest absolute Gasteiger partial charge is 0.485 e. The van der Waals surface area contributed by atoms with Crippen molar-refractivity contribution in [3.05, 3.63) is 88.4 Å². The third kappa shape index (κ3) is 5.81. The lowest BCUT2D eigenvalue weighted by Gasteiger charge is -2.29. The van der Waals surface area contributed by atoms with Crippen molar-refractivity contribution in [3.8, 4) is 11.5 Å². The van der Waals surface area contributed by atoms with E-state index in [4.69, 9.17) is 21.1 Å². The van der Waals surface area contributed by atoms with Gasteiger partial charge in [0.05, 0.1) is 11.7 Å². The van der Waals surface area contributed by atoms with E-state index in [-0.39, 0.29) is 43.4 Å². The highest BCUT2D eigenvalue weighted by molar-refractivity contribution is 6.31. The van der Waals surface area contributed by atoms with E-state index in [0.717, 1.165) is 11.1 Å². The highest BCUT2D eigenvalue weighted by Crippen LogP contribution is 2.33. The maximum absolute atomic E-state index is 12.8. The Labute approximate surface area is 208 Å². The number of hydrogen-bond acceptors (Lipinski definition) is 5. The van der Waals surface area contributed by atoms with Gasteiger partial charge in [0.2, 0.25) is 5.91 Å². The van der Waals surface area contributed by atoms with Crippen LogP contribution in [0.2, 0.25) is 5.02 Å². The van der Waals surface area contributed by atoms with Gasteiger partial charge in [-0.05, 0) is 61.4 Å². The zero-order valence-electron chi connectivity index (χ0n) is 19.4. The predicted molar refractivity (Wildman–Crippen MR) is 133 cm³/mol. The lowest BCUT2D eigenvalue weighted by molar-refractivity contribution is -0.125. The zero-order valence-corrected chi connectivity index (χ0v) is 20.2. The fraction of sp³-hybridized carbons (Fsp3) is 0.222. The number of rotatable bonds is 8. The van der Waals surface area contributed by atoms with Gasteiger partial charge >= 0.3 is 0 Å². The first kappa shape index (κ1) is 24.3. The molecule has 0 aliphatic carbocycles. The highest BCUT2D eigenvalue weighted by Gasteiger charge is 2.28. The van der Waals surface area contributed by atoms with E-state index in [1.807, 2.05) is 44.2 Å². The van der Waals surface area contributed by atoms with Crippen molar-refractivity contribution < 1.29 is 23.9 Å². The number of nitrogens with zero attached hydrogens (tertiary/aromatic N) is 1. The monoisotopic (exact) mass is 492 g/mol. The van der Waals surface area contributed by atoms with Gasteiger partial charge in [0, 0.05) is 10.6 Å². The molecular weight excluding hydrogens is 468 g/mol. The summed E-state index contributed by atoms with van der Waals surface area (Å²) >= 11 is 6.03. The van der Waals surface area contributed by atoms with Crippen molar-refractivity contribution in [2.24, 2.45) is 0 Å². The smallest absolute Gasteiger partial charge is 0.265 e. The Kier molecular flexibility index (Phi) is 7.36. The molecule has 1 heterocycles. The van der Waals surface area contributed by atoms with Crippen LogP contribution in [0.4, 0.5) is 5.69 Å². The molecule has 4 rings (SSSR count). The molecule has 1 atom stereocenters. The minimum absolute atomic E-state index is 0.180. The highest BCUT2D eigenvalue weighted by atomic mass is 35.5. The molecule has 0 aromatic heterocycles. The van der Waals surface area contributed by atoms with Gasteiger partial charge in [0.1, 0.15) is 18.0 Å². The summed E-state index contributed by atoms with van der Waals surface area (Å²) in [4.78, 5) is 39.5. The molecule has 8 heteroatoms. The maximum Gasteiger partial charge on any atom is 0.265 e. The number of ether oxygens (including phenoxy) is 2. The van der Waals surface area contributed by atoms with Gasteiger partial charge in [-0.15, -0.1) is 0 Å². The molecule has 1 unspecified atom stereocenters. The quantitative estimate of drug-likeness (QED) is 0.467. The van der Waals surface area contributed by atoms with E-state index >= 15 is 0 Å². The average molecular weight is 493 g/mol. The Morgan fingerprint density at radius 2 is 1.89 bits per heavy atom. The van der Waals surface area contributed by atoms with E-state index in [1.165, 1.54) is 4.90 Å². The third-order valence-corrected chi connectivity index (χ3v) is 6.13. The third-order valence-electron chi connectivity index (χ3n) is 5.70. The van der Waals surface area contributed by atoms with Crippen molar-refractivity contribution in [2.45, 2.75) is 19.9 Å². The Balaban J connectivity index is 1.46. The number of amides is 2. The number of hydrogen-bond donors (Lipinski definition) is 1. The van der Waals surface area contributed by atoms with Gasteiger partial charge in [0.15, 0.2) is 19.0 Å². The Morgan fingerprint density at radius 1 is 1.11 bits per heavy atom. The van der Waals surface area contributed by atoms with E-state index in [1.54, 1.807) is 36.4 Å². The number of fused-ring (bicyclic) bond motifs is 1. The molecule has 0 bridgehead atoms. The number of benzene rings is 3. The number of aryl methyl sites for hydroxylation is 1. The summed E-state index contributed by atoms with van der Waals surface area (Å²) in [5.41, 5.74) is 2.52. The van der Waals surface area contributed by atoms with Crippen molar-refractivity contribution in [1.29, 1.82) is 0 Å². The van der Waals surface area contributed by atoms with Crippen LogP contribution in [0.1, 0.15) is 34.5 Å². The first-order chi connectivity index (χ1) is 16.8. The lowest BCUT2D eigenvalue weighted by Crippen LogP contribution is -2.45. The molecule has 1 aliphatic heterocycles. The molecule has 0 radical (unpaired) electrons. The van der Waals surface area contributed by atoms with Crippen LogP contribution in [0.15, 0.2) is 66.7 Å². The Morgan fingerprint density at radius 3 is 2.63 bits per heavy atom. The Hall–Kier alpha value is -3.84. The van der Waals surface area contributed by atoms with Gasteiger partial charge in [-0.3, -0.25) is 19.3 Å². The summed E-state index contributed by atoms with van der Waals surface area (Å²) in [5, 5.41) is 3.53. The van der Waals surface area contributed by atoms with Crippen LogP contribution in [-0.4, -0.2) is 37.4 Å². The second-order valence-electron chi connectivity index (χ2n) is 8.27. The minimum Gasteiger partial charge on any atom is -0.485 e. The van der Waals surface area contributed by atoms with Crippen LogP contribution in [0, 0.1) is 6.92 Å². The molecular formula is C27H25ClN2O5. The van der Waals surface area contributed by atoms with Gasteiger partial charge in [-0.25, -0.2) is 0 Å². The first-order valence-electron chi connectivity index (χ1n) is 11.2. The second kappa shape index (κ2) is 10.6. The minimum atomic E-state index is -0.363.